The first kappa shape index (κ1) is 16.2. The molecule has 0 aliphatic carbocycles. The smallest absolute Gasteiger partial charge is 0.253 e. The predicted molar refractivity (Wildman–Crippen MR) is 80.5 cm³/mol. The second-order valence-electron chi connectivity index (χ2n) is 4.99. The lowest BCUT2D eigenvalue weighted by Crippen LogP contribution is -2.29. The topological polar surface area (TPSA) is 75.4 Å². The Balaban J connectivity index is 2.80. The number of nitrogens with zero attached hydrogens (tertiary/aromatic N) is 1. The molecule has 0 radical (unpaired) electrons. The quantitative estimate of drug-likeness (QED) is 0.831. The number of benzene rings is 1. The highest BCUT2D eigenvalue weighted by atomic mass is 16.2. The molecule has 0 spiro atoms. The summed E-state index contributed by atoms with van der Waals surface area (Å²) in [4.78, 5) is 25.4. The van der Waals surface area contributed by atoms with Crippen LogP contribution < -0.4 is 11.1 Å². The predicted octanol–water partition coefficient (Wildman–Crippen LogP) is 1.70. The van der Waals surface area contributed by atoms with Crippen molar-refractivity contribution >= 4 is 17.5 Å². The maximum atomic E-state index is 12.1. The molecule has 0 saturated carbocycles. The molecule has 2 amide bonds. The van der Waals surface area contributed by atoms with Gasteiger partial charge in [0.25, 0.3) is 5.91 Å². The zero-order valence-electron chi connectivity index (χ0n) is 12.3. The number of amides is 2. The van der Waals surface area contributed by atoms with E-state index in [0.29, 0.717) is 17.8 Å². The standard InChI is InChI=1S/C15H23N3O2/c1-4-6-12(10-16)14(19)17-13-8-5-7-11(9-13)15(20)18(2)3/h5,7-9,12H,4,6,10,16H2,1-3H3,(H,17,19). The zero-order valence-corrected chi connectivity index (χ0v) is 12.3. The van der Waals surface area contributed by atoms with Crippen LogP contribution in [0.4, 0.5) is 5.69 Å². The van der Waals surface area contributed by atoms with Gasteiger partial charge in [-0.25, -0.2) is 0 Å². The molecule has 1 atom stereocenters. The molecular formula is C15H23N3O2. The van der Waals surface area contributed by atoms with Crippen molar-refractivity contribution in [3.63, 3.8) is 0 Å². The minimum atomic E-state index is -0.187. The van der Waals surface area contributed by atoms with Crippen molar-refractivity contribution in [3.05, 3.63) is 29.8 Å². The number of nitrogens with one attached hydrogen (secondary N) is 1. The van der Waals surface area contributed by atoms with Gasteiger partial charge in [0, 0.05) is 31.9 Å². The molecule has 0 aliphatic heterocycles. The van der Waals surface area contributed by atoms with E-state index in [2.05, 4.69) is 5.32 Å². The summed E-state index contributed by atoms with van der Waals surface area (Å²) < 4.78 is 0. The van der Waals surface area contributed by atoms with Crippen LogP contribution in [0.1, 0.15) is 30.1 Å². The van der Waals surface area contributed by atoms with E-state index >= 15 is 0 Å². The third-order valence-electron chi connectivity index (χ3n) is 3.08. The lowest BCUT2D eigenvalue weighted by molar-refractivity contribution is -0.119. The van der Waals surface area contributed by atoms with Crippen molar-refractivity contribution in [1.82, 2.24) is 4.90 Å². The Bertz CT molecular complexity index is 472. The highest BCUT2D eigenvalue weighted by molar-refractivity contribution is 5.97. The fourth-order valence-electron chi connectivity index (χ4n) is 1.94. The molecule has 1 unspecified atom stereocenters. The molecule has 0 aliphatic rings. The largest absolute Gasteiger partial charge is 0.345 e. The highest BCUT2D eigenvalue weighted by Crippen LogP contribution is 2.14. The Morgan fingerprint density at radius 3 is 2.60 bits per heavy atom. The SMILES string of the molecule is CCCC(CN)C(=O)Nc1cccc(C(=O)N(C)C)c1. The van der Waals surface area contributed by atoms with Crippen molar-refractivity contribution in [2.45, 2.75) is 19.8 Å². The van der Waals surface area contributed by atoms with Crippen molar-refractivity contribution in [1.29, 1.82) is 0 Å². The summed E-state index contributed by atoms with van der Waals surface area (Å²) in [5, 5.41) is 2.82. The van der Waals surface area contributed by atoms with E-state index in [1.807, 2.05) is 6.92 Å². The molecule has 1 aromatic rings. The lowest BCUT2D eigenvalue weighted by Gasteiger charge is -2.15. The van der Waals surface area contributed by atoms with E-state index in [0.717, 1.165) is 12.8 Å². The van der Waals surface area contributed by atoms with E-state index in [9.17, 15) is 9.59 Å². The fourth-order valence-corrected chi connectivity index (χ4v) is 1.94. The first-order valence-electron chi connectivity index (χ1n) is 6.82. The molecule has 20 heavy (non-hydrogen) atoms. The lowest BCUT2D eigenvalue weighted by atomic mass is 10.0. The normalized spacial score (nSPS) is 11.8. The molecule has 3 N–H and O–H groups in total. The zero-order chi connectivity index (χ0) is 15.1. The van der Waals surface area contributed by atoms with Crippen molar-refractivity contribution in [2.24, 2.45) is 11.7 Å². The second-order valence-corrected chi connectivity index (χ2v) is 4.99. The van der Waals surface area contributed by atoms with Crippen molar-refractivity contribution < 1.29 is 9.59 Å². The minimum absolute atomic E-state index is 0.0926. The Morgan fingerprint density at radius 1 is 1.35 bits per heavy atom. The summed E-state index contributed by atoms with van der Waals surface area (Å²) >= 11 is 0. The average molecular weight is 277 g/mol. The van der Waals surface area contributed by atoms with Gasteiger partial charge in [-0.2, -0.15) is 0 Å². The van der Waals surface area contributed by atoms with Crippen LogP contribution in [0, 0.1) is 5.92 Å². The second kappa shape index (κ2) is 7.65. The van der Waals surface area contributed by atoms with Crippen LogP contribution in [-0.2, 0) is 4.79 Å². The molecule has 110 valence electrons. The number of anilines is 1. The van der Waals surface area contributed by atoms with Crippen molar-refractivity contribution in [2.75, 3.05) is 26.0 Å². The van der Waals surface area contributed by atoms with Gasteiger partial charge in [0.2, 0.25) is 5.91 Å². The van der Waals surface area contributed by atoms with Gasteiger partial charge in [-0.15, -0.1) is 0 Å². The van der Waals surface area contributed by atoms with Crippen LogP contribution in [0.15, 0.2) is 24.3 Å². The molecule has 1 rings (SSSR count). The van der Waals surface area contributed by atoms with E-state index in [1.54, 1.807) is 38.4 Å². The number of hydrogen-bond acceptors (Lipinski definition) is 3. The number of carbonyl (C=O) groups excluding carboxylic acids is 2. The molecule has 0 aromatic heterocycles. The van der Waals surface area contributed by atoms with Gasteiger partial charge in [0.1, 0.15) is 0 Å². The molecule has 0 bridgehead atoms. The molecule has 5 heteroatoms. The third-order valence-corrected chi connectivity index (χ3v) is 3.08. The van der Waals surface area contributed by atoms with Gasteiger partial charge in [-0.3, -0.25) is 9.59 Å². The van der Waals surface area contributed by atoms with Crippen LogP contribution >= 0.6 is 0 Å². The van der Waals surface area contributed by atoms with Crippen LogP contribution in [0.25, 0.3) is 0 Å². The molecule has 1 aromatic carbocycles. The summed E-state index contributed by atoms with van der Waals surface area (Å²) in [5.41, 5.74) is 6.78. The molecule has 0 fully saturated rings. The molecule has 0 heterocycles. The number of carbonyl (C=O) groups is 2. The maximum absolute atomic E-state index is 12.1. The van der Waals surface area contributed by atoms with Crippen LogP contribution in [0.3, 0.4) is 0 Å². The van der Waals surface area contributed by atoms with Gasteiger partial charge in [0.15, 0.2) is 0 Å². The number of hydrogen-bond donors (Lipinski definition) is 2. The Labute approximate surface area is 120 Å². The van der Waals surface area contributed by atoms with Gasteiger partial charge in [-0.1, -0.05) is 19.4 Å². The number of nitrogens with two attached hydrogens (primary N) is 1. The van der Waals surface area contributed by atoms with Gasteiger partial charge in [0.05, 0.1) is 5.92 Å². The molecule has 5 nitrogen and oxygen atoms in total. The Hall–Kier alpha value is -1.88. The average Bonchev–Trinajstić information content (AvgIpc) is 2.43. The summed E-state index contributed by atoms with van der Waals surface area (Å²) in [7, 11) is 3.39. The Kier molecular flexibility index (Phi) is 6.18. The Morgan fingerprint density at radius 2 is 2.05 bits per heavy atom. The summed E-state index contributed by atoms with van der Waals surface area (Å²) in [6.07, 6.45) is 1.67. The van der Waals surface area contributed by atoms with Crippen LogP contribution in [-0.4, -0.2) is 37.4 Å². The van der Waals surface area contributed by atoms with E-state index in [4.69, 9.17) is 5.73 Å². The maximum Gasteiger partial charge on any atom is 0.253 e. The number of rotatable bonds is 6. The highest BCUT2D eigenvalue weighted by Gasteiger charge is 2.16. The fraction of sp³-hybridized carbons (Fsp3) is 0.467. The van der Waals surface area contributed by atoms with Gasteiger partial charge in [-0.05, 0) is 24.6 Å². The summed E-state index contributed by atoms with van der Waals surface area (Å²) in [6, 6.07) is 6.93. The van der Waals surface area contributed by atoms with Crippen molar-refractivity contribution in [3.8, 4) is 0 Å². The molecule has 0 saturated heterocycles. The monoisotopic (exact) mass is 277 g/mol. The van der Waals surface area contributed by atoms with E-state index in [-0.39, 0.29) is 17.7 Å². The third kappa shape index (κ3) is 4.35. The first-order chi connectivity index (χ1) is 9.49. The van der Waals surface area contributed by atoms with E-state index in [1.165, 1.54) is 4.90 Å². The van der Waals surface area contributed by atoms with Crippen LogP contribution in [0.2, 0.25) is 0 Å². The van der Waals surface area contributed by atoms with Gasteiger partial charge >= 0.3 is 0 Å². The minimum Gasteiger partial charge on any atom is -0.345 e. The summed E-state index contributed by atoms with van der Waals surface area (Å²) in [5.74, 6) is -0.373. The van der Waals surface area contributed by atoms with E-state index < -0.39 is 0 Å². The van der Waals surface area contributed by atoms with Crippen LogP contribution in [0.5, 0.6) is 0 Å². The van der Waals surface area contributed by atoms with Gasteiger partial charge < -0.3 is 16.0 Å². The first-order valence-corrected chi connectivity index (χ1v) is 6.82. The molecular weight excluding hydrogens is 254 g/mol. The summed E-state index contributed by atoms with van der Waals surface area (Å²) in [6.45, 7) is 2.35.